The van der Waals surface area contributed by atoms with Crippen LogP contribution in [0, 0.1) is 19.8 Å². The summed E-state index contributed by atoms with van der Waals surface area (Å²) < 4.78 is 32.7. The predicted octanol–water partition coefficient (Wildman–Crippen LogP) is 3.98. The Bertz CT molecular complexity index is 1020. The van der Waals surface area contributed by atoms with Crippen LogP contribution in [-0.2, 0) is 14.8 Å². The number of carbonyl (C=O) groups is 1. The number of methoxy groups -OCH3 is 1. The van der Waals surface area contributed by atoms with Crippen molar-refractivity contribution in [3.05, 3.63) is 59.2 Å². The van der Waals surface area contributed by atoms with E-state index in [4.69, 9.17) is 4.74 Å². The van der Waals surface area contributed by atoms with Gasteiger partial charge in [-0.15, -0.1) is 0 Å². The fourth-order valence-electron chi connectivity index (χ4n) is 4.18. The number of aryl methyl sites for hydroxylation is 2. The first kappa shape index (κ1) is 23.3. The van der Waals surface area contributed by atoms with Gasteiger partial charge < -0.3 is 10.1 Å². The average Bonchev–Trinajstić information content (AvgIpc) is 2.78. The van der Waals surface area contributed by atoms with Gasteiger partial charge in [0.25, 0.3) is 0 Å². The van der Waals surface area contributed by atoms with Crippen LogP contribution in [-0.4, -0.2) is 38.8 Å². The molecule has 0 spiro atoms. The zero-order chi connectivity index (χ0) is 22.6. The number of sulfonamides is 1. The molecule has 1 N–H and O–H groups in total. The molecular formula is C24H32N2O4S. The number of piperidine rings is 1. The number of rotatable bonds is 7. The van der Waals surface area contributed by atoms with Gasteiger partial charge in [-0.3, -0.25) is 4.79 Å². The Labute approximate surface area is 185 Å². The largest absolute Gasteiger partial charge is 0.497 e. The van der Waals surface area contributed by atoms with Crippen LogP contribution in [0.3, 0.4) is 0 Å². The highest BCUT2D eigenvalue weighted by Gasteiger charge is 2.34. The van der Waals surface area contributed by atoms with Crippen molar-refractivity contribution >= 4 is 15.9 Å². The molecule has 1 aliphatic heterocycles. The molecule has 1 amide bonds. The lowest BCUT2D eigenvalue weighted by Gasteiger charge is -2.32. The van der Waals surface area contributed by atoms with Crippen LogP contribution in [0.25, 0.3) is 0 Å². The zero-order valence-electron chi connectivity index (χ0n) is 18.7. The van der Waals surface area contributed by atoms with Crippen molar-refractivity contribution in [1.82, 2.24) is 9.62 Å². The van der Waals surface area contributed by atoms with E-state index < -0.39 is 10.0 Å². The molecule has 2 atom stereocenters. The topological polar surface area (TPSA) is 75.7 Å². The third-order valence-corrected chi connectivity index (χ3v) is 7.86. The Morgan fingerprint density at radius 1 is 1.19 bits per heavy atom. The Hall–Kier alpha value is -2.38. The van der Waals surface area contributed by atoms with Crippen LogP contribution in [0.5, 0.6) is 5.75 Å². The average molecular weight is 445 g/mol. The zero-order valence-corrected chi connectivity index (χ0v) is 19.5. The maximum absolute atomic E-state index is 13.1. The van der Waals surface area contributed by atoms with Crippen molar-refractivity contribution < 1.29 is 17.9 Å². The lowest BCUT2D eigenvalue weighted by atomic mass is 9.95. The van der Waals surface area contributed by atoms with E-state index in [-0.39, 0.29) is 29.3 Å². The summed E-state index contributed by atoms with van der Waals surface area (Å²) in [5.41, 5.74) is 3.45. The highest BCUT2D eigenvalue weighted by molar-refractivity contribution is 7.89. The highest BCUT2D eigenvalue weighted by Crippen LogP contribution is 2.27. The summed E-state index contributed by atoms with van der Waals surface area (Å²) in [4.78, 5) is 13.3. The van der Waals surface area contributed by atoms with Gasteiger partial charge in [0.15, 0.2) is 0 Å². The fourth-order valence-corrected chi connectivity index (χ4v) is 5.70. The number of hydrogen-bond acceptors (Lipinski definition) is 4. The molecular weight excluding hydrogens is 412 g/mol. The predicted molar refractivity (Wildman–Crippen MR) is 122 cm³/mol. The van der Waals surface area contributed by atoms with Gasteiger partial charge in [0, 0.05) is 13.1 Å². The third kappa shape index (κ3) is 5.28. The van der Waals surface area contributed by atoms with Gasteiger partial charge >= 0.3 is 0 Å². The van der Waals surface area contributed by atoms with Gasteiger partial charge in [-0.25, -0.2) is 8.42 Å². The minimum atomic E-state index is -3.65. The summed E-state index contributed by atoms with van der Waals surface area (Å²) in [5.74, 6) is 0.162. The summed E-state index contributed by atoms with van der Waals surface area (Å²) in [7, 11) is -2.11. The second kappa shape index (κ2) is 9.83. The molecule has 2 aromatic carbocycles. The van der Waals surface area contributed by atoms with Gasteiger partial charge in [0.05, 0.1) is 24.0 Å². The first-order valence-corrected chi connectivity index (χ1v) is 12.2. The smallest absolute Gasteiger partial charge is 0.243 e. The van der Waals surface area contributed by atoms with E-state index in [1.807, 2.05) is 6.92 Å². The molecule has 1 saturated heterocycles. The number of nitrogens with one attached hydrogen (secondary N) is 1. The van der Waals surface area contributed by atoms with Crippen molar-refractivity contribution in [2.24, 2.45) is 5.92 Å². The van der Waals surface area contributed by atoms with E-state index in [2.05, 4.69) is 37.4 Å². The maximum Gasteiger partial charge on any atom is 0.243 e. The SMILES string of the molecule is CC[C@H](NC(=O)[C@@H]1CCCN(S(=O)(=O)c2ccc(OC)cc2)C1)c1ccc(C)cc1C. The minimum absolute atomic E-state index is 0.0818. The van der Waals surface area contributed by atoms with Crippen molar-refractivity contribution in [1.29, 1.82) is 0 Å². The van der Waals surface area contributed by atoms with Crippen molar-refractivity contribution in [2.45, 2.75) is 51.0 Å². The van der Waals surface area contributed by atoms with Gasteiger partial charge in [-0.1, -0.05) is 30.7 Å². The summed E-state index contributed by atoms with van der Waals surface area (Å²) in [6, 6.07) is 12.5. The van der Waals surface area contributed by atoms with Crippen molar-refractivity contribution in [3.8, 4) is 5.75 Å². The Balaban J connectivity index is 1.72. The van der Waals surface area contributed by atoms with Crippen LogP contribution in [0.15, 0.2) is 47.4 Å². The second-order valence-electron chi connectivity index (χ2n) is 8.21. The quantitative estimate of drug-likeness (QED) is 0.701. The third-order valence-electron chi connectivity index (χ3n) is 5.98. The van der Waals surface area contributed by atoms with E-state index in [1.165, 1.54) is 9.87 Å². The summed E-state index contributed by atoms with van der Waals surface area (Å²) in [5, 5.41) is 3.16. The van der Waals surface area contributed by atoms with Gasteiger partial charge in [0.2, 0.25) is 15.9 Å². The van der Waals surface area contributed by atoms with Gasteiger partial charge in [-0.2, -0.15) is 4.31 Å². The number of benzene rings is 2. The lowest BCUT2D eigenvalue weighted by Crippen LogP contribution is -2.46. The standard InChI is InChI=1S/C24H32N2O4S/c1-5-23(22-13-8-17(2)15-18(22)3)25-24(27)19-7-6-14-26(16-19)31(28,29)21-11-9-20(30-4)10-12-21/h8-13,15,19,23H,5-7,14,16H2,1-4H3,(H,25,27)/t19-,23+/m1/s1. The van der Waals surface area contributed by atoms with Gasteiger partial charge in [-0.05, 0) is 68.5 Å². The molecule has 7 heteroatoms. The van der Waals surface area contributed by atoms with Crippen molar-refractivity contribution in [2.75, 3.05) is 20.2 Å². The van der Waals surface area contributed by atoms with Gasteiger partial charge in [0.1, 0.15) is 5.75 Å². The molecule has 0 radical (unpaired) electrons. The van der Waals surface area contributed by atoms with Crippen LogP contribution < -0.4 is 10.1 Å². The monoisotopic (exact) mass is 444 g/mol. The molecule has 1 aliphatic rings. The molecule has 0 saturated carbocycles. The molecule has 0 bridgehead atoms. The normalized spacial score (nSPS) is 18.4. The Kier molecular flexibility index (Phi) is 7.38. The fraction of sp³-hybridized carbons (Fsp3) is 0.458. The Morgan fingerprint density at radius 2 is 1.90 bits per heavy atom. The van der Waals surface area contributed by atoms with E-state index in [0.717, 1.165) is 17.5 Å². The molecule has 1 heterocycles. The highest BCUT2D eigenvalue weighted by atomic mass is 32.2. The van der Waals surface area contributed by atoms with Crippen LogP contribution in [0.4, 0.5) is 0 Å². The summed E-state index contributed by atoms with van der Waals surface area (Å²) >= 11 is 0. The molecule has 6 nitrogen and oxygen atoms in total. The second-order valence-corrected chi connectivity index (χ2v) is 10.1. The minimum Gasteiger partial charge on any atom is -0.497 e. The van der Waals surface area contributed by atoms with E-state index in [1.54, 1.807) is 31.4 Å². The molecule has 2 aromatic rings. The molecule has 3 rings (SSSR count). The van der Waals surface area contributed by atoms with Crippen LogP contribution in [0.2, 0.25) is 0 Å². The van der Waals surface area contributed by atoms with E-state index in [0.29, 0.717) is 25.1 Å². The lowest BCUT2D eigenvalue weighted by molar-refractivity contribution is -0.126. The molecule has 0 aliphatic carbocycles. The number of amides is 1. The van der Waals surface area contributed by atoms with Crippen molar-refractivity contribution in [3.63, 3.8) is 0 Å². The number of nitrogens with zero attached hydrogens (tertiary/aromatic N) is 1. The van der Waals surface area contributed by atoms with Crippen LogP contribution >= 0.6 is 0 Å². The number of ether oxygens (including phenoxy) is 1. The number of carbonyl (C=O) groups excluding carboxylic acids is 1. The first-order chi connectivity index (χ1) is 14.8. The molecule has 31 heavy (non-hydrogen) atoms. The number of hydrogen-bond donors (Lipinski definition) is 1. The van der Waals surface area contributed by atoms with Crippen LogP contribution in [0.1, 0.15) is 48.9 Å². The first-order valence-electron chi connectivity index (χ1n) is 10.8. The molecule has 1 fully saturated rings. The summed E-state index contributed by atoms with van der Waals surface area (Å²) in [6.07, 6.45) is 2.12. The Morgan fingerprint density at radius 3 is 2.52 bits per heavy atom. The van der Waals surface area contributed by atoms with E-state index >= 15 is 0 Å². The molecule has 0 aromatic heterocycles. The summed E-state index contributed by atoms with van der Waals surface area (Å²) in [6.45, 7) is 6.78. The van der Waals surface area contributed by atoms with E-state index in [9.17, 15) is 13.2 Å². The molecule has 0 unspecified atom stereocenters. The maximum atomic E-state index is 13.1. The molecule has 168 valence electrons.